The summed E-state index contributed by atoms with van der Waals surface area (Å²) in [5.41, 5.74) is -1.19. The summed E-state index contributed by atoms with van der Waals surface area (Å²) in [7, 11) is 0. The van der Waals surface area contributed by atoms with Crippen LogP contribution in [0.1, 0.15) is 40.0 Å². The van der Waals surface area contributed by atoms with E-state index in [1.165, 1.54) is 0 Å². The Balaban J connectivity index is 3.13. The molecule has 0 atom stereocenters. The number of hydrogen-bond donors (Lipinski definition) is 2. The van der Waals surface area contributed by atoms with Gasteiger partial charge in [0.05, 0.1) is 0 Å². The van der Waals surface area contributed by atoms with Crippen molar-refractivity contribution in [2.45, 2.75) is 40.0 Å². The van der Waals surface area contributed by atoms with Gasteiger partial charge in [0.15, 0.2) is 5.11 Å². The fourth-order valence-electron chi connectivity index (χ4n) is 2.19. The van der Waals surface area contributed by atoms with Crippen molar-refractivity contribution in [2.24, 2.45) is 10.8 Å². The highest BCUT2D eigenvalue weighted by molar-refractivity contribution is 7.80. The minimum absolute atomic E-state index is 0.0824. The summed E-state index contributed by atoms with van der Waals surface area (Å²) in [6, 6.07) is 0. The monoisotopic (exact) mass is 268 g/mol. The molecule has 0 aromatic rings. The van der Waals surface area contributed by atoms with Gasteiger partial charge in [0.2, 0.25) is 11.8 Å². The molecular formula is C13H20N2O2S. The van der Waals surface area contributed by atoms with Gasteiger partial charge in [-0.25, -0.2) is 0 Å². The second-order valence-corrected chi connectivity index (χ2v) is 5.92. The third-order valence-electron chi connectivity index (χ3n) is 3.55. The largest absolute Gasteiger partial charge is 0.302 e. The van der Waals surface area contributed by atoms with Crippen molar-refractivity contribution in [1.29, 1.82) is 0 Å². The van der Waals surface area contributed by atoms with E-state index in [-0.39, 0.29) is 22.3 Å². The van der Waals surface area contributed by atoms with E-state index in [1.807, 2.05) is 20.8 Å². The maximum absolute atomic E-state index is 12.2. The lowest BCUT2D eigenvalue weighted by Crippen LogP contribution is -2.63. The van der Waals surface area contributed by atoms with Crippen LogP contribution in [0.3, 0.4) is 0 Å². The first-order valence-corrected chi connectivity index (χ1v) is 6.46. The van der Waals surface area contributed by atoms with Gasteiger partial charge >= 0.3 is 0 Å². The fraction of sp³-hybridized carbons (Fsp3) is 0.615. The Bertz CT molecular complexity index is 382. The van der Waals surface area contributed by atoms with Crippen LogP contribution in [0.4, 0.5) is 0 Å². The molecule has 1 aliphatic rings. The van der Waals surface area contributed by atoms with Crippen LogP contribution in [-0.4, -0.2) is 16.9 Å². The summed E-state index contributed by atoms with van der Waals surface area (Å²) in [6.07, 6.45) is 3.29. The molecule has 2 N–H and O–H groups in total. The third-order valence-corrected chi connectivity index (χ3v) is 3.76. The minimum atomic E-state index is -1.09. The summed E-state index contributed by atoms with van der Waals surface area (Å²) in [6.45, 7) is 9.79. The molecular weight excluding hydrogens is 248 g/mol. The molecule has 5 heteroatoms. The molecule has 100 valence electrons. The van der Waals surface area contributed by atoms with Gasteiger partial charge in [-0.2, -0.15) is 0 Å². The van der Waals surface area contributed by atoms with Gasteiger partial charge in [-0.05, 0) is 30.5 Å². The highest BCUT2D eigenvalue weighted by Crippen LogP contribution is 2.40. The predicted octanol–water partition coefficient (Wildman–Crippen LogP) is 1.91. The molecule has 1 saturated heterocycles. The Morgan fingerprint density at radius 1 is 1.33 bits per heavy atom. The smallest absolute Gasteiger partial charge is 0.242 e. The molecule has 18 heavy (non-hydrogen) atoms. The zero-order chi connectivity index (χ0) is 14.0. The fourth-order valence-corrected chi connectivity index (χ4v) is 2.37. The van der Waals surface area contributed by atoms with Gasteiger partial charge in [-0.3, -0.25) is 9.59 Å². The lowest BCUT2D eigenvalue weighted by Gasteiger charge is -2.39. The van der Waals surface area contributed by atoms with Crippen molar-refractivity contribution in [2.75, 3.05) is 0 Å². The molecule has 0 spiro atoms. The third kappa shape index (κ3) is 2.77. The molecule has 2 amide bonds. The minimum Gasteiger partial charge on any atom is -0.302 e. The van der Waals surface area contributed by atoms with Gasteiger partial charge in [0, 0.05) is 0 Å². The highest BCUT2D eigenvalue weighted by Gasteiger charge is 2.50. The van der Waals surface area contributed by atoms with Crippen molar-refractivity contribution in [3.8, 4) is 0 Å². The van der Waals surface area contributed by atoms with Crippen molar-refractivity contribution in [1.82, 2.24) is 10.6 Å². The summed E-state index contributed by atoms with van der Waals surface area (Å²) in [4.78, 5) is 24.4. The molecule has 0 aliphatic carbocycles. The van der Waals surface area contributed by atoms with Crippen molar-refractivity contribution >= 4 is 29.1 Å². The molecule has 4 nitrogen and oxygen atoms in total. The van der Waals surface area contributed by atoms with Gasteiger partial charge in [0.1, 0.15) is 5.41 Å². The van der Waals surface area contributed by atoms with Crippen LogP contribution in [0.15, 0.2) is 12.7 Å². The molecule has 0 bridgehead atoms. The maximum atomic E-state index is 12.2. The standard InChI is InChI=1S/C13H20N2O2S/c1-5-7-13(8-12(3,4)6-2)9(16)14-11(18)15-10(13)17/h5H,1,6-8H2,2-4H3,(H2,14,15,16,17,18). The molecule has 1 fully saturated rings. The number of amides is 2. The van der Waals surface area contributed by atoms with E-state index in [1.54, 1.807) is 6.08 Å². The van der Waals surface area contributed by atoms with Gasteiger partial charge in [0.25, 0.3) is 0 Å². The first-order chi connectivity index (χ1) is 8.27. The van der Waals surface area contributed by atoms with Crippen LogP contribution in [0.2, 0.25) is 0 Å². The Kier molecular flexibility index (Phi) is 4.27. The van der Waals surface area contributed by atoms with Crippen LogP contribution in [0.5, 0.6) is 0 Å². The molecule has 1 rings (SSSR count). The predicted molar refractivity (Wildman–Crippen MR) is 74.8 cm³/mol. The average Bonchev–Trinajstić information content (AvgIpc) is 2.26. The number of rotatable bonds is 5. The second-order valence-electron chi connectivity index (χ2n) is 5.51. The van der Waals surface area contributed by atoms with Crippen molar-refractivity contribution in [3.63, 3.8) is 0 Å². The number of carbonyl (C=O) groups is 2. The van der Waals surface area contributed by atoms with E-state index in [2.05, 4.69) is 17.2 Å². The van der Waals surface area contributed by atoms with Crippen molar-refractivity contribution < 1.29 is 9.59 Å². The topological polar surface area (TPSA) is 58.2 Å². The van der Waals surface area contributed by atoms with E-state index in [9.17, 15) is 9.59 Å². The van der Waals surface area contributed by atoms with Crippen LogP contribution in [0, 0.1) is 10.8 Å². The summed E-state index contributed by atoms with van der Waals surface area (Å²) >= 11 is 4.83. The van der Waals surface area contributed by atoms with E-state index < -0.39 is 5.41 Å². The summed E-state index contributed by atoms with van der Waals surface area (Å²) in [5, 5.41) is 5.17. The van der Waals surface area contributed by atoms with E-state index in [4.69, 9.17) is 12.2 Å². The SMILES string of the molecule is C=CCC1(CC(C)(C)CC)C(=O)NC(=S)NC1=O. The van der Waals surface area contributed by atoms with Gasteiger partial charge < -0.3 is 10.6 Å². The summed E-state index contributed by atoms with van der Waals surface area (Å²) in [5.74, 6) is -0.643. The molecule has 0 aromatic carbocycles. The molecule has 1 aliphatic heterocycles. The van der Waals surface area contributed by atoms with Crippen molar-refractivity contribution in [3.05, 3.63) is 12.7 Å². The highest BCUT2D eigenvalue weighted by atomic mass is 32.1. The molecule has 0 aromatic heterocycles. The Morgan fingerprint density at radius 3 is 2.22 bits per heavy atom. The summed E-state index contributed by atoms with van der Waals surface area (Å²) < 4.78 is 0. The quantitative estimate of drug-likeness (QED) is 0.455. The second kappa shape index (κ2) is 5.18. The number of hydrogen-bond acceptors (Lipinski definition) is 3. The molecule has 0 radical (unpaired) electrons. The molecule has 0 saturated carbocycles. The first kappa shape index (κ1) is 14.8. The average molecular weight is 268 g/mol. The van der Waals surface area contributed by atoms with E-state index in [0.29, 0.717) is 12.8 Å². The van der Waals surface area contributed by atoms with Crippen LogP contribution in [-0.2, 0) is 9.59 Å². The van der Waals surface area contributed by atoms with Crippen LogP contribution < -0.4 is 10.6 Å². The first-order valence-electron chi connectivity index (χ1n) is 6.05. The number of allylic oxidation sites excluding steroid dienone is 1. The maximum Gasteiger partial charge on any atom is 0.242 e. The Labute approximate surface area is 113 Å². The Hall–Kier alpha value is -1.23. The molecule has 0 unspecified atom stereocenters. The normalized spacial score (nSPS) is 19.2. The van der Waals surface area contributed by atoms with Crippen LogP contribution in [0.25, 0.3) is 0 Å². The van der Waals surface area contributed by atoms with Gasteiger partial charge in [-0.15, -0.1) is 6.58 Å². The number of thiocarbonyl (C=S) groups is 1. The van der Waals surface area contributed by atoms with E-state index in [0.717, 1.165) is 6.42 Å². The van der Waals surface area contributed by atoms with Gasteiger partial charge in [-0.1, -0.05) is 33.3 Å². The van der Waals surface area contributed by atoms with E-state index >= 15 is 0 Å². The molecule has 1 heterocycles. The lowest BCUT2D eigenvalue weighted by molar-refractivity contribution is -0.145. The van der Waals surface area contributed by atoms with Crippen LogP contribution >= 0.6 is 12.2 Å². The lowest BCUT2D eigenvalue weighted by atomic mass is 9.68. The Morgan fingerprint density at radius 2 is 1.83 bits per heavy atom. The zero-order valence-corrected chi connectivity index (χ0v) is 11.9. The number of nitrogens with one attached hydrogen (secondary N) is 2. The zero-order valence-electron chi connectivity index (χ0n) is 11.1. The number of carbonyl (C=O) groups excluding carboxylic acids is 2.